The largest absolute Gasteiger partial charge is 0.481 e. The minimum atomic E-state index is -0.534. The monoisotopic (exact) mass is 427 g/mol. The molecule has 0 aliphatic heterocycles. The van der Waals surface area contributed by atoms with Gasteiger partial charge in [0.1, 0.15) is 5.75 Å². The van der Waals surface area contributed by atoms with Gasteiger partial charge in [0.2, 0.25) is 0 Å². The first-order chi connectivity index (χ1) is 15.5. The zero-order chi connectivity index (χ0) is 22.5. The molecule has 3 nitrogen and oxygen atoms in total. The molecule has 1 aliphatic rings. The SMILES string of the molecule is CCC(Oc1ccc2c(c1)CCCC2)C(=O)NC(c1ccccc1)c1ccc(C)cc1C. The molecule has 0 spiro atoms. The van der Waals surface area contributed by atoms with Crippen LogP contribution in [0.5, 0.6) is 5.75 Å². The van der Waals surface area contributed by atoms with Crippen molar-refractivity contribution in [1.29, 1.82) is 0 Å². The molecule has 1 amide bonds. The van der Waals surface area contributed by atoms with E-state index in [1.54, 1.807) is 0 Å². The normalized spacial score (nSPS) is 14.8. The fourth-order valence-corrected chi connectivity index (χ4v) is 4.64. The van der Waals surface area contributed by atoms with Crippen molar-refractivity contribution < 1.29 is 9.53 Å². The Balaban J connectivity index is 1.56. The standard InChI is InChI=1S/C29H33NO2/c1-4-27(32-25-16-15-22-10-8-9-13-24(22)19-25)29(31)30-28(23-11-6-5-7-12-23)26-17-14-20(2)18-21(26)3/h5-7,11-12,14-19,27-28H,4,8-10,13H2,1-3H3,(H,30,31). The van der Waals surface area contributed by atoms with Crippen LogP contribution in [0.4, 0.5) is 0 Å². The molecule has 3 heteroatoms. The van der Waals surface area contributed by atoms with Gasteiger partial charge in [-0.05, 0) is 85.9 Å². The van der Waals surface area contributed by atoms with Crippen LogP contribution in [0.2, 0.25) is 0 Å². The molecular formula is C29H33NO2. The summed E-state index contributed by atoms with van der Waals surface area (Å²) >= 11 is 0. The maximum atomic E-state index is 13.4. The van der Waals surface area contributed by atoms with Gasteiger partial charge in [-0.25, -0.2) is 0 Å². The van der Waals surface area contributed by atoms with Crippen molar-refractivity contribution >= 4 is 5.91 Å². The van der Waals surface area contributed by atoms with Crippen LogP contribution in [-0.2, 0) is 17.6 Å². The summed E-state index contributed by atoms with van der Waals surface area (Å²) in [6, 6.07) is 22.6. The average molecular weight is 428 g/mol. The summed E-state index contributed by atoms with van der Waals surface area (Å²) in [5.41, 5.74) is 7.34. The van der Waals surface area contributed by atoms with Gasteiger partial charge in [0.05, 0.1) is 6.04 Å². The highest BCUT2D eigenvalue weighted by Gasteiger charge is 2.25. The summed E-state index contributed by atoms with van der Waals surface area (Å²) in [4.78, 5) is 13.4. The molecule has 0 fully saturated rings. The zero-order valence-electron chi connectivity index (χ0n) is 19.4. The molecule has 0 saturated heterocycles. The van der Waals surface area contributed by atoms with Crippen LogP contribution in [0.1, 0.15) is 65.6 Å². The fraction of sp³-hybridized carbons (Fsp3) is 0.345. The summed E-state index contributed by atoms with van der Waals surface area (Å²) in [5, 5.41) is 3.28. The predicted octanol–water partition coefficient (Wildman–Crippen LogP) is 6.25. The molecule has 3 aromatic rings. The number of aryl methyl sites for hydroxylation is 4. The maximum absolute atomic E-state index is 13.4. The van der Waals surface area contributed by atoms with Crippen molar-refractivity contribution in [3.63, 3.8) is 0 Å². The van der Waals surface area contributed by atoms with E-state index in [1.807, 2.05) is 31.2 Å². The van der Waals surface area contributed by atoms with Crippen molar-refractivity contribution in [3.05, 3.63) is 100 Å². The van der Waals surface area contributed by atoms with Gasteiger partial charge in [-0.3, -0.25) is 4.79 Å². The zero-order valence-corrected chi connectivity index (χ0v) is 19.4. The van der Waals surface area contributed by atoms with Crippen LogP contribution in [0, 0.1) is 13.8 Å². The van der Waals surface area contributed by atoms with Crippen LogP contribution >= 0.6 is 0 Å². The van der Waals surface area contributed by atoms with Gasteiger partial charge in [0, 0.05) is 0 Å². The molecule has 3 aromatic carbocycles. The third-order valence-electron chi connectivity index (χ3n) is 6.42. The first kappa shape index (κ1) is 22.1. The van der Waals surface area contributed by atoms with E-state index >= 15 is 0 Å². The second-order valence-electron chi connectivity index (χ2n) is 8.86. The summed E-state index contributed by atoms with van der Waals surface area (Å²) in [7, 11) is 0. The third-order valence-corrected chi connectivity index (χ3v) is 6.42. The Labute approximate surface area is 191 Å². The first-order valence-electron chi connectivity index (χ1n) is 11.8. The number of benzene rings is 3. The molecule has 1 N–H and O–H groups in total. The number of nitrogens with one attached hydrogen (secondary N) is 1. The topological polar surface area (TPSA) is 38.3 Å². The molecule has 0 heterocycles. The number of carbonyl (C=O) groups excluding carboxylic acids is 1. The number of amides is 1. The van der Waals surface area contributed by atoms with Crippen LogP contribution in [-0.4, -0.2) is 12.0 Å². The van der Waals surface area contributed by atoms with Crippen LogP contribution in [0.25, 0.3) is 0 Å². The highest BCUT2D eigenvalue weighted by molar-refractivity contribution is 5.82. The molecule has 166 valence electrons. The van der Waals surface area contributed by atoms with E-state index in [4.69, 9.17) is 4.74 Å². The van der Waals surface area contributed by atoms with E-state index in [1.165, 1.54) is 35.1 Å². The Kier molecular flexibility index (Phi) is 6.94. The van der Waals surface area contributed by atoms with Crippen LogP contribution in [0.3, 0.4) is 0 Å². The first-order valence-corrected chi connectivity index (χ1v) is 11.8. The summed E-state index contributed by atoms with van der Waals surface area (Å²) in [5.74, 6) is 0.703. The minimum absolute atomic E-state index is 0.0842. The Morgan fingerprint density at radius 2 is 1.69 bits per heavy atom. The molecule has 2 unspecified atom stereocenters. The molecule has 1 aliphatic carbocycles. The fourth-order valence-electron chi connectivity index (χ4n) is 4.64. The Morgan fingerprint density at radius 1 is 0.938 bits per heavy atom. The Bertz CT molecular complexity index is 1070. The number of hydrogen-bond donors (Lipinski definition) is 1. The summed E-state index contributed by atoms with van der Waals surface area (Å²) in [6.45, 7) is 6.19. The minimum Gasteiger partial charge on any atom is -0.481 e. The second-order valence-corrected chi connectivity index (χ2v) is 8.86. The highest BCUT2D eigenvalue weighted by atomic mass is 16.5. The van der Waals surface area contributed by atoms with Crippen molar-refractivity contribution in [1.82, 2.24) is 5.32 Å². The van der Waals surface area contributed by atoms with E-state index in [0.717, 1.165) is 29.7 Å². The molecule has 32 heavy (non-hydrogen) atoms. The number of ether oxygens (including phenoxy) is 1. The van der Waals surface area contributed by atoms with Crippen molar-refractivity contribution in [2.24, 2.45) is 0 Å². The van der Waals surface area contributed by atoms with Crippen molar-refractivity contribution in [3.8, 4) is 5.75 Å². The van der Waals surface area contributed by atoms with E-state index in [2.05, 4.69) is 61.6 Å². The smallest absolute Gasteiger partial charge is 0.261 e. The van der Waals surface area contributed by atoms with Crippen molar-refractivity contribution in [2.45, 2.75) is 65.0 Å². The van der Waals surface area contributed by atoms with Gasteiger partial charge in [0.25, 0.3) is 5.91 Å². The van der Waals surface area contributed by atoms with Gasteiger partial charge < -0.3 is 10.1 Å². The number of rotatable bonds is 7. The van der Waals surface area contributed by atoms with Crippen LogP contribution < -0.4 is 10.1 Å². The second kappa shape index (κ2) is 10.0. The molecule has 0 saturated carbocycles. The number of hydrogen-bond acceptors (Lipinski definition) is 2. The van der Waals surface area contributed by atoms with Gasteiger partial charge in [-0.2, -0.15) is 0 Å². The van der Waals surface area contributed by atoms with Gasteiger partial charge >= 0.3 is 0 Å². The van der Waals surface area contributed by atoms with Gasteiger partial charge in [-0.15, -0.1) is 0 Å². The van der Waals surface area contributed by atoms with E-state index in [9.17, 15) is 4.79 Å². The maximum Gasteiger partial charge on any atom is 0.261 e. The van der Waals surface area contributed by atoms with Gasteiger partial charge in [0.15, 0.2) is 6.10 Å². The van der Waals surface area contributed by atoms with E-state index in [0.29, 0.717) is 6.42 Å². The molecule has 0 aromatic heterocycles. The molecule has 0 radical (unpaired) electrons. The molecule has 0 bridgehead atoms. The van der Waals surface area contributed by atoms with E-state index < -0.39 is 6.10 Å². The lowest BCUT2D eigenvalue weighted by molar-refractivity contribution is -0.128. The quantitative estimate of drug-likeness (QED) is 0.484. The molecule has 4 rings (SSSR count). The Hall–Kier alpha value is -3.07. The number of carbonyl (C=O) groups is 1. The molecule has 2 atom stereocenters. The lowest BCUT2D eigenvalue weighted by Gasteiger charge is -2.25. The molecular weight excluding hydrogens is 394 g/mol. The van der Waals surface area contributed by atoms with E-state index in [-0.39, 0.29) is 11.9 Å². The average Bonchev–Trinajstić information content (AvgIpc) is 2.81. The lowest BCUT2D eigenvalue weighted by atomic mass is 9.92. The third kappa shape index (κ3) is 5.04. The van der Waals surface area contributed by atoms with Crippen LogP contribution in [0.15, 0.2) is 66.7 Å². The summed E-state index contributed by atoms with van der Waals surface area (Å²) in [6.07, 6.45) is 4.79. The number of fused-ring (bicyclic) bond motifs is 1. The van der Waals surface area contributed by atoms with Crippen molar-refractivity contribution in [2.75, 3.05) is 0 Å². The lowest BCUT2D eigenvalue weighted by Crippen LogP contribution is -2.40. The Morgan fingerprint density at radius 3 is 2.41 bits per heavy atom. The highest BCUT2D eigenvalue weighted by Crippen LogP contribution is 2.28. The predicted molar refractivity (Wildman–Crippen MR) is 130 cm³/mol. The summed E-state index contributed by atoms with van der Waals surface area (Å²) < 4.78 is 6.20. The van der Waals surface area contributed by atoms with Gasteiger partial charge in [-0.1, -0.05) is 67.1 Å².